The molecule has 0 saturated heterocycles. The summed E-state index contributed by atoms with van der Waals surface area (Å²) in [7, 11) is 0. The quantitative estimate of drug-likeness (QED) is 0.484. The molecule has 5 N–H and O–H groups in total. The van der Waals surface area contributed by atoms with Crippen LogP contribution in [0.1, 0.15) is 27.7 Å². The summed E-state index contributed by atoms with van der Waals surface area (Å²) in [5.41, 5.74) is 5.54. The second kappa shape index (κ2) is 10.1. The Kier molecular flexibility index (Phi) is 7.90. The minimum absolute atomic E-state index is 0.0458. The van der Waals surface area contributed by atoms with E-state index < -0.39 is 12.1 Å². The monoisotopic (exact) mass is 428 g/mol. The lowest BCUT2D eigenvalue weighted by atomic mass is 10.1. The lowest BCUT2D eigenvalue weighted by Crippen LogP contribution is -2.38. The molecule has 4 amide bonds. The molecular formula is C17H18Cl2N4O3S. The van der Waals surface area contributed by atoms with Crippen LogP contribution < -0.4 is 21.7 Å². The Bertz CT molecular complexity index is 815. The van der Waals surface area contributed by atoms with Crippen LogP contribution in [-0.4, -0.2) is 30.9 Å². The summed E-state index contributed by atoms with van der Waals surface area (Å²) in [5, 5.41) is 10.4. The predicted molar refractivity (Wildman–Crippen MR) is 106 cm³/mol. The second-order valence-electron chi connectivity index (χ2n) is 5.52. The normalized spacial score (nSPS) is 11.5. The summed E-state index contributed by atoms with van der Waals surface area (Å²) in [6.07, 6.45) is 0.0458. The number of halogens is 2. The number of hydrogen-bond acceptors (Lipinski definition) is 4. The average molecular weight is 429 g/mol. The van der Waals surface area contributed by atoms with Gasteiger partial charge in [0.2, 0.25) is 5.91 Å². The zero-order valence-corrected chi connectivity index (χ0v) is 16.5. The molecule has 0 bridgehead atoms. The minimum Gasteiger partial charge on any atom is -0.354 e. The Labute approximate surface area is 170 Å². The number of carbonyl (C=O) groups is 3. The smallest absolute Gasteiger partial charge is 0.312 e. The zero-order chi connectivity index (χ0) is 19.8. The summed E-state index contributed by atoms with van der Waals surface area (Å²) < 4.78 is 0. The van der Waals surface area contributed by atoms with E-state index in [9.17, 15) is 14.4 Å². The molecule has 1 aromatic carbocycles. The molecule has 0 radical (unpaired) electrons. The first-order valence-corrected chi connectivity index (χ1v) is 9.59. The number of thiophene rings is 1. The summed E-state index contributed by atoms with van der Waals surface area (Å²) in [6, 6.07) is 7.02. The van der Waals surface area contributed by atoms with Gasteiger partial charge in [-0.3, -0.25) is 9.59 Å². The van der Waals surface area contributed by atoms with E-state index in [0.717, 1.165) is 4.88 Å². The molecule has 2 aromatic rings. The molecule has 2 rings (SSSR count). The number of nitrogens with one attached hydrogen (secondary N) is 3. The van der Waals surface area contributed by atoms with Gasteiger partial charge in [-0.25, -0.2) is 4.79 Å². The highest BCUT2D eigenvalue weighted by Crippen LogP contribution is 2.23. The molecule has 1 heterocycles. The van der Waals surface area contributed by atoms with Gasteiger partial charge in [-0.05, 0) is 29.6 Å². The van der Waals surface area contributed by atoms with E-state index >= 15 is 0 Å². The topological polar surface area (TPSA) is 113 Å². The van der Waals surface area contributed by atoms with Crippen LogP contribution in [0.2, 0.25) is 10.0 Å². The van der Waals surface area contributed by atoms with Crippen molar-refractivity contribution in [2.45, 2.75) is 12.5 Å². The van der Waals surface area contributed by atoms with Gasteiger partial charge in [0.25, 0.3) is 5.91 Å². The number of primary amides is 1. The number of rotatable bonds is 8. The van der Waals surface area contributed by atoms with Crippen molar-refractivity contribution in [2.75, 3.05) is 13.1 Å². The second-order valence-corrected chi connectivity index (χ2v) is 7.31. The fraction of sp³-hybridized carbons (Fsp3) is 0.235. The van der Waals surface area contributed by atoms with Crippen molar-refractivity contribution in [3.05, 3.63) is 56.2 Å². The summed E-state index contributed by atoms with van der Waals surface area (Å²) >= 11 is 13.1. The van der Waals surface area contributed by atoms with Crippen LogP contribution in [0.25, 0.3) is 0 Å². The maximum absolute atomic E-state index is 12.1. The maximum Gasteiger partial charge on any atom is 0.312 e. The third-order valence-electron chi connectivity index (χ3n) is 3.51. The largest absolute Gasteiger partial charge is 0.354 e. The van der Waals surface area contributed by atoms with Gasteiger partial charge in [-0.2, -0.15) is 0 Å². The maximum atomic E-state index is 12.1. The third-order valence-corrected chi connectivity index (χ3v) is 5.23. The summed E-state index contributed by atoms with van der Waals surface area (Å²) in [4.78, 5) is 36.1. The molecular weight excluding hydrogens is 411 g/mol. The van der Waals surface area contributed by atoms with Crippen molar-refractivity contribution in [1.29, 1.82) is 0 Å². The molecule has 1 aromatic heterocycles. The SMILES string of the molecule is NC(=O)NC(CC(=O)NCCNC(=O)c1ccc(Cl)c(Cl)c1)c1cccs1. The molecule has 0 aliphatic heterocycles. The Morgan fingerprint density at radius 1 is 1.07 bits per heavy atom. The van der Waals surface area contributed by atoms with Crippen molar-refractivity contribution in [1.82, 2.24) is 16.0 Å². The van der Waals surface area contributed by atoms with Crippen LogP contribution in [0.5, 0.6) is 0 Å². The first-order valence-electron chi connectivity index (χ1n) is 7.96. The lowest BCUT2D eigenvalue weighted by molar-refractivity contribution is -0.121. The van der Waals surface area contributed by atoms with Crippen LogP contribution in [0, 0.1) is 0 Å². The standard InChI is InChI=1S/C17H18Cl2N4O3S/c18-11-4-3-10(8-12(11)19)16(25)22-6-5-21-15(24)9-13(23-17(20)26)14-2-1-7-27-14/h1-4,7-8,13H,5-6,9H2,(H,21,24)(H,22,25)(H3,20,23,26). The van der Waals surface area contributed by atoms with Gasteiger partial charge in [0.05, 0.1) is 22.5 Å². The van der Waals surface area contributed by atoms with E-state index in [1.54, 1.807) is 6.07 Å². The van der Waals surface area contributed by atoms with Gasteiger partial charge in [0.1, 0.15) is 0 Å². The molecule has 0 aliphatic rings. The van der Waals surface area contributed by atoms with Crippen LogP contribution in [0.15, 0.2) is 35.7 Å². The van der Waals surface area contributed by atoms with Crippen LogP contribution in [0.3, 0.4) is 0 Å². The number of hydrogen-bond donors (Lipinski definition) is 4. The number of urea groups is 1. The molecule has 1 atom stereocenters. The highest BCUT2D eigenvalue weighted by molar-refractivity contribution is 7.10. The molecule has 0 saturated carbocycles. The summed E-state index contributed by atoms with van der Waals surface area (Å²) in [5.74, 6) is -0.597. The van der Waals surface area contributed by atoms with E-state index in [4.69, 9.17) is 28.9 Å². The van der Waals surface area contributed by atoms with E-state index in [0.29, 0.717) is 15.6 Å². The predicted octanol–water partition coefficient (Wildman–Crippen LogP) is 2.70. The molecule has 10 heteroatoms. The first kappa shape index (κ1) is 21.0. The van der Waals surface area contributed by atoms with Gasteiger partial charge < -0.3 is 21.7 Å². The van der Waals surface area contributed by atoms with Gasteiger partial charge in [0, 0.05) is 23.5 Å². The highest BCUT2D eigenvalue weighted by atomic mass is 35.5. The lowest BCUT2D eigenvalue weighted by Gasteiger charge is -2.16. The molecule has 144 valence electrons. The minimum atomic E-state index is -0.699. The van der Waals surface area contributed by atoms with Gasteiger partial charge in [0.15, 0.2) is 0 Å². The number of nitrogens with two attached hydrogens (primary N) is 1. The number of carbonyl (C=O) groups excluding carboxylic acids is 3. The molecule has 0 fully saturated rings. The fourth-order valence-corrected chi connectivity index (χ4v) is 3.33. The Morgan fingerprint density at radius 3 is 2.44 bits per heavy atom. The van der Waals surface area contributed by atoms with Crippen molar-refractivity contribution < 1.29 is 14.4 Å². The fourth-order valence-electron chi connectivity index (χ4n) is 2.26. The van der Waals surface area contributed by atoms with E-state index in [1.165, 1.54) is 23.5 Å². The van der Waals surface area contributed by atoms with Crippen molar-refractivity contribution in [3.63, 3.8) is 0 Å². The summed E-state index contributed by atoms with van der Waals surface area (Å²) in [6.45, 7) is 0.470. The van der Waals surface area contributed by atoms with Gasteiger partial charge >= 0.3 is 6.03 Å². The van der Waals surface area contributed by atoms with Crippen LogP contribution in [0.4, 0.5) is 4.79 Å². The number of benzene rings is 1. The third kappa shape index (κ3) is 6.74. The van der Waals surface area contributed by atoms with Crippen molar-refractivity contribution in [2.24, 2.45) is 5.73 Å². The molecule has 27 heavy (non-hydrogen) atoms. The molecule has 0 aliphatic carbocycles. The van der Waals surface area contributed by atoms with Crippen LogP contribution in [-0.2, 0) is 4.79 Å². The first-order chi connectivity index (χ1) is 12.9. The molecule has 7 nitrogen and oxygen atoms in total. The highest BCUT2D eigenvalue weighted by Gasteiger charge is 2.18. The number of amides is 4. The van der Waals surface area contributed by atoms with E-state index in [-0.39, 0.29) is 31.3 Å². The Hall–Kier alpha value is -2.29. The average Bonchev–Trinajstić information content (AvgIpc) is 3.14. The van der Waals surface area contributed by atoms with E-state index in [2.05, 4.69) is 16.0 Å². The van der Waals surface area contributed by atoms with Gasteiger partial charge in [-0.1, -0.05) is 29.3 Å². The molecule has 0 spiro atoms. The molecule has 1 unspecified atom stereocenters. The Balaban J connectivity index is 1.77. The van der Waals surface area contributed by atoms with E-state index in [1.807, 2.05) is 17.5 Å². The Morgan fingerprint density at radius 2 is 1.81 bits per heavy atom. The van der Waals surface area contributed by atoms with Gasteiger partial charge in [-0.15, -0.1) is 11.3 Å². The van der Waals surface area contributed by atoms with Crippen molar-refractivity contribution in [3.8, 4) is 0 Å². The zero-order valence-electron chi connectivity index (χ0n) is 14.1. The van der Waals surface area contributed by atoms with Crippen LogP contribution >= 0.6 is 34.5 Å². The van der Waals surface area contributed by atoms with Crippen molar-refractivity contribution >= 4 is 52.4 Å².